The molecule has 6 heteroatoms. The van der Waals surface area contributed by atoms with Gasteiger partial charge in [0.05, 0.1) is 19.1 Å². The highest BCUT2D eigenvalue weighted by molar-refractivity contribution is 5.92. The molecule has 2 heterocycles. The number of aromatic hydroxyl groups is 1. The Morgan fingerprint density at radius 2 is 1.88 bits per heavy atom. The minimum Gasteiger partial charge on any atom is -0.504 e. The molecule has 1 aromatic heterocycles. The van der Waals surface area contributed by atoms with Crippen LogP contribution in [0.1, 0.15) is 29.0 Å². The average Bonchev–Trinajstić information content (AvgIpc) is 2.62. The SMILES string of the molecule is COc1ccc(C2CC(=O)Oc3c(O)cc4c(C)cc(=O)oc4c32)cc1. The Bertz CT molecular complexity index is 1080. The summed E-state index contributed by atoms with van der Waals surface area (Å²) >= 11 is 0. The number of carbonyl (C=O) groups is 1. The summed E-state index contributed by atoms with van der Waals surface area (Å²) < 4.78 is 15.9. The van der Waals surface area contributed by atoms with Crippen molar-refractivity contribution >= 4 is 16.9 Å². The molecule has 0 spiro atoms. The molecule has 1 aliphatic rings. The fourth-order valence-corrected chi connectivity index (χ4v) is 3.41. The number of ether oxygens (including phenoxy) is 2. The first-order chi connectivity index (χ1) is 12.5. The van der Waals surface area contributed by atoms with Gasteiger partial charge in [-0.3, -0.25) is 4.79 Å². The number of aryl methyl sites for hydroxylation is 1. The van der Waals surface area contributed by atoms with Gasteiger partial charge < -0.3 is 19.0 Å². The average molecular weight is 352 g/mol. The Kier molecular flexibility index (Phi) is 3.68. The molecule has 26 heavy (non-hydrogen) atoms. The predicted molar refractivity (Wildman–Crippen MR) is 94.0 cm³/mol. The molecule has 1 atom stereocenters. The van der Waals surface area contributed by atoms with Crippen molar-refractivity contribution in [2.45, 2.75) is 19.3 Å². The zero-order chi connectivity index (χ0) is 18.4. The summed E-state index contributed by atoms with van der Waals surface area (Å²) in [6, 6.07) is 10.1. The zero-order valence-corrected chi connectivity index (χ0v) is 14.2. The third kappa shape index (κ3) is 2.50. The Morgan fingerprint density at radius 1 is 1.15 bits per heavy atom. The van der Waals surface area contributed by atoms with Crippen LogP contribution in [0.2, 0.25) is 0 Å². The Morgan fingerprint density at radius 3 is 2.58 bits per heavy atom. The standard InChI is InChI=1S/C20H16O6/c1-10-7-16(22)25-19-13(10)8-15(21)20-18(19)14(9-17(23)26-20)11-3-5-12(24-2)6-4-11/h3-8,14,21H,9H2,1-2H3. The van der Waals surface area contributed by atoms with E-state index in [2.05, 4.69) is 0 Å². The molecule has 4 rings (SSSR count). The van der Waals surface area contributed by atoms with Crippen LogP contribution in [0.4, 0.5) is 0 Å². The summed E-state index contributed by atoms with van der Waals surface area (Å²) in [5.74, 6) is -0.283. The molecule has 0 saturated carbocycles. The number of phenolic OH excluding ortho intramolecular Hbond substituents is 1. The van der Waals surface area contributed by atoms with Crippen molar-refractivity contribution in [2.24, 2.45) is 0 Å². The van der Waals surface area contributed by atoms with Crippen LogP contribution >= 0.6 is 0 Å². The quantitative estimate of drug-likeness (QED) is 0.433. The highest BCUT2D eigenvalue weighted by Crippen LogP contribution is 2.47. The van der Waals surface area contributed by atoms with Crippen LogP contribution in [0.3, 0.4) is 0 Å². The lowest BCUT2D eigenvalue weighted by molar-refractivity contribution is -0.135. The lowest BCUT2D eigenvalue weighted by Gasteiger charge is -2.26. The predicted octanol–water partition coefficient (Wildman–Crippen LogP) is 3.26. The summed E-state index contributed by atoms with van der Waals surface area (Å²) in [6.45, 7) is 1.77. The van der Waals surface area contributed by atoms with Gasteiger partial charge in [0.15, 0.2) is 11.5 Å². The molecule has 1 aliphatic heterocycles. The topological polar surface area (TPSA) is 86.0 Å². The van der Waals surface area contributed by atoms with E-state index in [9.17, 15) is 14.7 Å². The normalized spacial score (nSPS) is 16.2. The highest BCUT2D eigenvalue weighted by atomic mass is 16.5. The van der Waals surface area contributed by atoms with E-state index in [1.165, 1.54) is 12.1 Å². The Hall–Kier alpha value is -3.28. The summed E-state index contributed by atoms with van der Waals surface area (Å²) in [6.07, 6.45) is 0.0789. The van der Waals surface area contributed by atoms with Gasteiger partial charge in [-0.25, -0.2) is 4.79 Å². The smallest absolute Gasteiger partial charge is 0.336 e. The molecular weight excluding hydrogens is 336 g/mol. The second-order valence-electron chi connectivity index (χ2n) is 6.27. The maximum atomic E-state index is 12.1. The van der Waals surface area contributed by atoms with E-state index < -0.39 is 17.5 Å². The zero-order valence-electron chi connectivity index (χ0n) is 14.2. The first-order valence-electron chi connectivity index (χ1n) is 8.13. The Balaban J connectivity index is 2.02. The van der Waals surface area contributed by atoms with Gasteiger partial charge in [0.2, 0.25) is 0 Å². The molecule has 6 nitrogen and oxygen atoms in total. The molecule has 3 aromatic rings. The van der Waals surface area contributed by atoms with Crippen LogP contribution in [0.25, 0.3) is 11.0 Å². The minimum absolute atomic E-state index is 0.0447. The lowest BCUT2D eigenvalue weighted by Crippen LogP contribution is -2.22. The number of methoxy groups -OCH3 is 1. The van der Waals surface area contributed by atoms with Gasteiger partial charge in [0.25, 0.3) is 0 Å². The number of phenols is 1. The molecule has 1 N–H and O–H groups in total. The molecule has 0 bridgehead atoms. The summed E-state index contributed by atoms with van der Waals surface area (Å²) in [4.78, 5) is 24.0. The molecule has 0 fully saturated rings. The van der Waals surface area contributed by atoms with Crippen molar-refractivity contribution < 1.29 is 23.8 Å². The van der Waals surface area contributed by atoms with Crippen LogP contribution in [0.15, 0.2) is 45.6 Å². The van der Waals surface area contributed by atoms with E-state index in [1.807, 2.05) is 12.1 Å². The van der Waals surface area contributed by atoms with E-state index in [4.69, 9.17) is 13.9 Å². The second kappa shape index (κ2) is 5.91. The maximum Gasteiger partial charge on any atom is 0.336 e. The van der Waals surface area contributed by atoms with E-state index in [0.717, 1.165) is 5.56 Å². The molecule has 0 amide bonds. The fraction of sp³-hybridized carbons (Fsp3) is 0.200. The van der Waals surface area contributed by atoms with E-state index in [0.29, 0.717) is 27.8 Å². The third-order valence-corrected chi connectivity index (χ3v) is 4.66. The van der Waals surface area contributed by atoms with Gasteiger partial charge in [-0.15, -0.1) is 0 Å². The number of esters is 1. The van der Waals surface area contributed by atoms with Crippen LogP contribution in [-0.2, 0) is 4.79 Å². The van der Waals surface area contributed by atoms with Crippen molar-refractivity contribution in [1.29, 1.82) is 0 Å². The molecule has 0 aliphatic carbocycles. The van der Waals surface area contributed by atoms with Gasteiger partial charge in [0.1, 0.15) is 11.3 Å². The molecule has 0 saturated heterocycles. The number of rotatable bonds is 2. The van der Waals surface area contributed by atoms with E-state index in [1.54, 1.807) is 26.2 Å². The molecule has 0 radical (unpaired) electrons. The number of hydrogen-bond donors (Lipinski definition) is 1. The maximum absolute atomic E-state index is 12.1. The monoisotopic (exact) mass is 352 g/mol. The van der Waals surface area contributed by atoms with Gasteiger partial charge in [-0.1, -0.05) is 12.1 Å². The van der Waals surface area contributed by atoms with Crippen molar-refractivity contribution in [2.75, 3.05) is 7.11 Å². The van der Waals surface area contributed by atoms with Crippen molar-refractivity contribution in [3.8, 4) is 17.2 Å². The number of fused-ring (bicyclic) bond motifs is 3. The summed E-state index contributed by atoms with van der Waals surface area (Å²) in [5, 5.41) is 11.0. The lowest BCUT2D eigenvalue weighted by atomic mass is 9.84. The highest BCUT2D eigenvalue weighted by Gasteiger charge is 2.34. The van der Waals surface area contributed by atoms with E-state index >= 15 is 0 Å². The van der Waals surface area contributed by atoms with Crippen molar-refractivity contribution in [1.82, 2.24) is 0 Å². The number of carbonyl (C=O) groups excluding carboxylic acids is 1. The van der Waals surface area contributed by atoms with Crippen LogP contribution < -0.4 is 15.1 Å². The van der Waals surface area contributed by atoms with Gasteiger partial charge in [-0.2, -0.15) is 0 Å². The van der Waals surface area contributed by atoms with Crippen LogP contribution in [-0.4, -0.2) is 18.2 Å². The van der Waals surface area contributed by atoms with Gasteiger partial charge in [0, 0.05) is 17.4 Å². The van der Waals surface area contributed by atoms with Gasteiger partial charge in [-0.05, 0) is 36.2 Å². The fourth-order valence-electron chi connectivity index (χ4n) is 3.41. The van der Waals surface area contributed by atoms with Crippen molar-refractivity contribution in [3.63, 3.8) is 0 Å². The Labute approximate surface area is 148 Å². The molecule has 2 aromatic carbocycles. The van der Waals surface area contributed by atoms with E-state index in [-0.39, 0.29) is 17.9 Å². The number of benzene rings is 2. The molecular formula is C20H16O6. The third-order valence-electron chi connectivity index (χ3n) is 4.66. The van der Waals surface area contributed by atoms with Gasteiger partial charge >= 0.3 is 11.6 Å². The molecule has 132 valence electrons. The van der Waals surface area contributed by atoms with Crippen LogP contribution in [0.5, 0.6) is 17.2 Å². The summed E-state index contributed by atoms with van der Waals surface area (Å²) in [7, 11) is 1.57. The minimum atomic E-state index is -0.492. The second-order valence-corrected chi connectivity index (χ2v) is 6.27. The van der Waals surface area contributed by atoms with Crippen LogP contribution in [0, 0.1) is 6.92 Å². The first-order valence-corrected chi connectivity index (χ1v) is 8.13. The molecule has 1 unspecified atom stereocenters. The van der Waals surface area contributed by atoms with Crippen molar-refractivity contribution in [3.05, 3.63) is 63.5 Å². The summed E-state index contributed by atoms with van der Waals surface area (Å²) in [5.41, 5.74) is 1.86. The largest absolute Gasteiger partial charge is 0.504 e. The number of hydrogen-bond acceptors (Lipinski definition) is 6. The first kappa shape index (κ1) is 16.2.